The van der Waals surface area contributed by atoms with Crippen molar-refractivity contribution in [2.45, 2.75) is 51.1 Å². The van der Waals surface area contributed by atoms with Gasteiger partial charge in [0.15, 0.2) is 0 Å². The van der Waals surface area contributed by atoms with E-state index >= 15 is 0 Å². The van der Waals surface area contributed by atoms with Gasteiger partial charge in [0.1, 0.15) is 5.54 Å². The third kappa shape index (κ3) is 2.36. The fourth-order valence-electron chi connectivity index (χ4n) is 2.91. The second-order valence-corrected chi connectivity index (χ2v) is 5.28. The van der Waals surface area contributed by atoms with Gasteiger partial charge in [-0.3, -0.25) is 9.59 Å². The molecule has 2 rings (SSSR count). The zero-order chi connectivity index (χ0) is 13.2. The van der Waals surface area contributed by atoms with E-state index in [1.165, 1.54) is 0 Å². The Labute approximate surface area is 108 Å². The molecule has 1 saturated carbocycles. The van der Waals surface area contributed by atoms with E-state index in [0.717, 1.165) is 25.7 Å². The average molecular weight is 254 g/mol. The zero-order valence-electron chi connectivity index (χ0n) is 11.2. The van der Waals surface area contributed by atoms with E-state index in [0.29, 0.717) is 13.2 Å². The van der Waals surface area contributed by atoms with Crippen LogP contribution in [0.15, 0.2) is 0 Å². The van der Waals surface area contributed by atoms with Gasteiger partial charge in [0, 0.05) is 6.61 Å². The number of amides is 2. The predicted octanol–water partition coefficient (Wildman–Crippen LogP) is 0.683. The molecule has 1 unspecified atom stereocenters. The highest BCUT2D eigenvalue weighted by Gasteiger charge is 2.49. The maximum absolute atomic E-state index is 12.6. The molecule has 0 aromatic rings. The summed E-state index contributed by atoms with van der Waals surface area (Å²) >= 11 is 0. The third-order valence-corrected chi connectivity index (χ3v) is 3.92. The Kier molecular flexibility index (Phi) is 3.90. The van der Waals surface area contributed by atoms with Gasteiger partial charge in [-0.05, 0) is 26.7 Å². The summed E-state index contributed by atoms with van der Waals surface area (Å²) in [5.74, 6) is 0.0339. The molecule has 0 bridgehead atoms. The lowest BCUT2D eigenvalue weighted by Gasteiger charge is -2.42. The molecule has 2 aliphatic rings. The Morgan fingerprint density at radius 1 is 1.39 bits per heavy atom. The molecular weight excluding hydrogens is 232 g/mol. The Hall–Kier alpha value is -1.10. The van der Waals surface area contributed by atoms with Gasteiger partial charge in [-0.2, -0.15) is 0 Å². The fraction of sp³-hybridized carbons (Fsp3) is 0.846. The number of nitrogens with one attached hydrogen (secondary N) is 1. The molecule has 0 radical (unpaired) electrons. The van der Waals surface area contributed by atoms with Gasteiger partial charge in [-0.1, -0.05) is 12.8 Å². The van der Waals surface area contributed by atoms with Crippen molar-refractivity contribution in [1.29, 1.82) is 0 Å². The molecule has 0 aromatic heterocycles. The van der Waals surface area contributed by atoms with Crippen LogP contribution in [-0.2, 0) is 14.3 Å². The zero-order valence-corrected chi connectivity index (χ0v) is 11.2. The van der Waals surface area contributed by atoms with Crippen molar-refractivity contribution >= 4 is 11.8 Å². The highest BCUT2D eigenvalue weighted by atomic mass is 16.5. The molecule has 5 heteroatoms. The molecule has 18 heavy (non-hydrogen) atoms. The molecule has 0 aromatic carbocycles. The molecule has 2 amide bonds. The smallest absolute Gasteiger partial charge is 0.249 e. The normalized spacial score (nSPS) is 24.4. The van der Waals surface area contributed by atoms with Crippen molar-refractivity contribution in [3.05, 3.63) is 0 Å². The quantitative estimate of drug-likeness (QED) is 0.802. The van der Waals surface area contributed by atoms with Gasteiger partial charge in [0.2, 0.25) is 11.8 Å². The van der Waals surface area contributed by atoms with Crippen LogP contribution in [-0.4, -0.2) is 48.1 Å². The minimum Gasteiger partial charge on any atom is -0.380 e. The van der Waals surface area contributed by atoms with Crippen molar-refractivity contribution in [3.63, 3.8) is 0 Å². The Bertz CT molecular complexity index is 337. The van der Waals surface area contributed by atoms with Crippen LogP contribution in [0.5, 0.6) is 0 Å². The number of ether oxygens (including phenoxy) is 1. The van der Waals surface area contributed by atoms with Crippen molar-refractivity contribution in [1.82, 2.24) is 10.2 Å². The van der Waals surface area contributed by atoms with E-state index < -0.39 is 5.54 Å². The van der Waals surface area contributed by atoms with Crippen LogP contribution in [0.1, 0.15) is 39.5 Å². The molecule has 1 saturated heterocycles. The standard InChI is InChI=1S/C13H22N2O3/c1-3-18-9-10(2)15-8-11(16)14-13(12(15)17)6-4-5-7-13/h10H,3-9H2,1-2H3,(H,14,16). The molecule has 2 fully saturated rings. The summed E-state index contributed by atoms with van der Waals surface area (Å²) < 4.78 is 5.36. The van der Waals surface area contributed by atoms with Crippen LogP contribution in [0.3, 0.4) is 0 Å². The first-order valence-electron chi connectivity index (χ1n) is 6.79. The molecule has 1 N–H and O–H groups in total. The molecule has 1 aliphatic heterocycles. The van der Waals surface area contributed by atoms with Crippen LogP contribution < -0.4 is 5.32 Å². The number of carbonyl (C=O) groups is 2. The molecule has 1 spiro atoms. The molecule has 1 heterocycles. The van der Waals surface area contributed by atoms with E-state index in [9.17, 15) is 9.59 Å². The summed E-state index contributed by atoms with van der Waals surface area (Å²) in [7, 11) is 0. The fourth-order valence-corrected chi connectivity index (χ4v) is 2.91. The summed E-state index contributed by atoms with van der Waals surface area (Å²) in [6, 6.07) is -0.0408. The average Bonchev–Trinajstić information content (AvgIpc) is 2.80. The predicted molar refractivity (Wildman–Crippen MR) is 67.0 cm³/mol. The minimum absolute atomic E-state index is 0.0408. The SMILES string of the molecule is CCOCC(C)N1CC(=O)NC2(CCCC2)C1=O. The highest BCUT2D eigenvalue weighted by molar-refractivity contribution is 5.98. The van der Waals surface area contributed by atoms with E-state index in [-0.39, 0.29) is 24.4 Å². The molecule has 102 valence electrons. The minimum atomic E-state index is -0.615. The maximum Gasteiger partial charge on any atom is 0.249 e. The Balaban J connectivity index is 2.10. The first-order valence-corrected chi connectivity index (χ1v) is 6.79. The van der Waals surface area contributed by atoms with E-state index in [2.05, 4.69) is 5.32 Å². The third-order valence-electron chi connectivity index (χ3n) is 3.92. The summed E-state index contributed by atoms with van der Waals surface area (Å²) in [6.07, 6.45) is 3.57. The van der Waals surface area contributed by atoms with Crippen LogP contribution in [0, 0.1) is 0 Å². The topological polar surface area (TPSA) is 58.6 Å². The van der Waals surface area contributed by atoms with Gasteiger partial charge in [0.05, 0.1) is 19.2 Å². The van der Waals surface area contributed by atoms with Crippen molar-refractivity contribution in [3.8, 4) is 0 Å². The van der Waals surface area contributed by atoms with Crippen LogP contribution in [0.25, 0.3) is 0 Å². The first kappa shape index (κ1) is 13.3. The summed E-state index contributed by atoms with van der Waals surface area (Å²) in [6.45, 7) is 5.15. The van der Waals surface area contributed by atoms with E-state index in [1.807, 2.05) is 13.8 Å². The second-order valence-electron chi connectivity index (χ2n) is 5.28. The largest absolute Gasteiger partial charge is 0.380 e. The number of nitrogens with zero attached hydrogens (tertiary/aromatic N) is 1. The Morgan fingerprint density at radius 3 is 2.67 bits per heavy atom. The van der Waals surface area contributed by atoms with Crippen LogP contribution >= 0.6 is 0 Å². The molecule has 1 atom stereocenters. The van der Waals surface area contributed by atoms with Gasteiger partial charge in [-0.15, -0.1) is 0 Å². The van der Waals surface area contributed by atoms with Gasteiger partial charge >= 0.3 is 0 Å². The summed E-state index contributed by atoms with van der Waals surface area (Å²) in [5, 5.41) is 2.91. The summed E-state index contributed by atoms with van der Waals surface area (Å²) in [5.41, 5.74) is -0.615. The summed E-state index contributed by atoms with van der Waals surface area (Å²) in [4.78, 5) is 26.0. The molecule has 1 aliphatic carbocycles. The first-order chi connectivity index (χ1) is 8.59. The number of piperazine rings is 1. The Morgan fingerprint density at radius 2 is 2.06 bits per heavy atom. The number of rotatable bonds is 4. The number of hydrogen-bond donors (Lipinski definition) is 1. The lowest BCUT2D eigenvalue weighted by Crippen LogP contribution is -2.67. The van der Waals surface area contributed by atoms with Crippen molar-refractivity contribution in [2.75, 3.05) is 19.8 Å². The van der Waals surface area contributed by atoms with Gasteiger partial charge < -0.3 is 15.0 Å². The van der Waals surface area contributed by atoms with Crippen LogP contribution in [0.2, 0.25) is 0 Å². The molecule has 5 nitrogen and oxygen atoms in total. The van der Waals surface area contributed by atoms with Crippen molar-refractivity contribution < 1.29 is 14.3 Å². The monoisotopic (exact) mass is 254 g/mol. The maximum atomic E-state index is 12.6. The number of hydrogen-bond acceptors (Lipinski definition) is 3. The van der Waals surface area contributed by atoms with E-state index in [1.54, 1.807) is 4.90 Å². The van der Waals surface area contributed by atoms with Crippen molar-refractivity contribution in [2.24, 2.45) is 0 Å². The lowest BCUT2D eigenvalue weighted by atomic mass is 9.92. The van der Waals surface area contributed by atoms with Crippen LogP contribution in [0.4, 0.5) is 0 Å². The van der Waals surface area contributed by atoms with Gasteiger partial charge in [-0.25, -0.2) is 0 Å². The van der Waals surface area contributed by atoms with Gasteiger partial charge in [0.25, 0.3) is 0 Å². The van der Waals surface area contributed by atoms with E-state index in [4.69, 9.17) is 4.74 Å². The number of carbonyl (C=O) groups excluding carboxylic acids is 2. The highest BCUT2D eigenvalue weighted by Crippen LogP contribution is 2.33. The lowest BCUT2D eigenvalue weighted by molar-refractivity contribution is -0.153. The molecular formula is C13H22N2O3. The second kappa shape index (κ2) is 5.26.